The minimum absolute atomic E-state index is 0.0757. The predicted octanol–water partition coefficient (Wildman–Crippen LogP) is 2.57. The summed E-state index contributed by atoms with van der Waals surface area (Å²) in [5.74, 6) is -2.18. The lowest BCUT2D eigenvalue weighted by Gasteiger charge is -1.97. The van der Waals surface area contributed by atoms with E-state index >= 15 is 0 Å². The number of rotatable bonds is 3. The third-order valence-corrected chi connectivity index (χ3v) is 3.98. The van der Waals surface area contributed by atoms with Crippen molar-refractivity contribution in [3.8, 4) is 0 Å². The second-order valence-electron chi connectivity index (χ2n) is 3.51. The van der Waals surface area contributed by atoms with Crippen molar-refractivity contribution in [1.29, 1.82) is 0 Å². The van der Waals surface area contributed by atoms with Gasteiger partial charge in [0.25, 0.3) is 0 Å². The Kier molecular flexibility index (Phi) is 3.71. The molecule has 0 fully saturated rings. The van der Waals surface area contributed by atoms with E-state index in [1.54, 1.807) is 0 Å². The van der Waals surface area contributed by atoms with Crippen molar-refractivity contribution < 1.29 is 14.7 Å². The Morgan fingerprint density at radius 1 is 1.29 bits per heavy atom. The fraction of sp³-hybridized carbons (Fsp3) is 0.0909. The Labute approximate surface area is 124 Å². The molecule has 17 heavy (non-hydrogen) atoms. The Hall–Kier alpha value is -0.640. The number of benzene rings is 1. The lowest BCUT2D eigenvalue weighted by Crippen LogP contribution is -2.15. The van der Waals surface area contributed by atoms with Gasteiger partial charge in [-0.05, 0) is 68.9 Å². The average Bonchev–Trinajstić information content (AvgIpc) is 2.55. The molecule has 0 amide bonds. The number of ketones is 1. The maximum Gasteiger partial charge on any atom is 0.372 e. The predicted molar refractivity (Wildman–Crippen MR) is 80.1 cm³/mol. The van der Waals surface area contributed by atoms with E-state index in [-0.39, 0.29) is 6.42 Å². The molecule has 0 aliphatic rings. The van der Waals surface area contributed by atoms with Gasteiger partial charge in [-0.2, -0.15) is 0 Å². The molecule has 1 heterocycles. The van der Waals surface area contributed by atoms with Gasteiger partial charge in [0.15, 0.2) is 0 Å². The molecule has 88 valence electrons. The molecule has 2 N–H and O–H groups in total. The van der Waals surface area contributed by atoms with E-state index < -0.39 is 11.8 Å². The quantitative estimate of drug-likeness (QED) is 0.553. The van der Waals surface area contributed by atoms with Gasteiger partial charge < -0.3 is 10.1 Å². The minimum atomic E-state index is -1.39. The zero-order valence-electron chi connectivity index (χ0n) is 8.46. The first-order valence-electron chi connectivity index (χ1n) is 4.70. The van der Waals surface area contributed by atoms with E-state index in [2.05, 4.69) is 50.2 Å². The first-order valence-corrected chi connectivity index (χ1v) is 6.86. The molecule has 6 heteroatoms. The standard InChI is InChI=1S/C11H7I2NO3/c12-5-1-2-8-6(3-5)7(10(13)14-8)4-9(15)11(16)17/h1-3,14H,4H2,(H,16,17). The lowest BCUT2D eigenvalue weighted by molar-refractivity contribution is -0.148. The van der Waals surface area contributed by atoms with Gasteiger partial charge in [0.2, 0.25) is 5.78 Å². The Morgan fingerprint density at radius 3 is 2.65 bits per heavy atom. The van der Waals surface area contributed by atoms with E-state index in [0.29, 0.717) is 0 Å². The number of aromatic nitrogens is 1. The van der Waals surface area contributed by atoms with Gasteiger partial charge in [-0.25, -0.2) is 4.79 Å². The van der Waals surface area contributed by atoms with E-state index in [1.165, 1.54) is 0 Å². The van der Waals surface area contributed by atoms with Crippen molar-refractivity contribution in [2.75, 3.05) is 0 Å². The normalized spacial score (nSPS) is 10.7. The number of fused-ring (bicyclic) bond motifs is 1. The number of aromatic amines is 1. The molecular formula is C11H7I2NO3. The smallest absolute Gasteiger partial charge is 0.372 e. The van der Waals surface area contributed by atoms with Crippen LogP contribution < -0.4 is 0 Å². The van der Waals surface area contributed by atoms with Gasteiger partial charge in [0.05, 0.1) is 3.70 Å². The van der Waals surface area contributed by atoms with Crippen LogP contribution in [0.1, 0.15) is 5.56 Å². The highest BCUT2D eigenvalue weighted by atomic mass is 127. The van der Waals surface area contributed by atoms with Crippen molar-refractivity contribution in [2.24, 2.45) is 0 Å². The van der Waals surface area contributed by atoms with Gasteiger partial charge in [0.1, 0.15) is 0 Å². The lowest BCUT2D eigenvalue weighted by atomic mass is 10.1. The van der Waals surface area contributed by atoms with Gasteiger partial charge in [0, 0.05) is 20.9 Å². The summed E-state index contributed by atoms with van der Waals surface area (Å²) in [6, 6.07) is 5.82. The largest absolute Gasteiger partial charge is 0.475 e. The summed E-state index contributed by atoms with van der Waals surface area (Å²) in [7, 11) is 0. The minimum Gasteiger partial charge on any atom is -0.475 e. The number of carboxylic acid groups (broad SMARTS) is 1. The fourth-order valence-electron chi connectivity index (χ4n) is 1.60. The zero-order valence-corrected chi connectivity index (χ0v) is 12.8. The number of nitrogens with one attached hydrogen (secondary N) is 1. The number of hydrogen-bond acceptors (Lipinski definition) is 2. The molecule has 2 rings (SSSR count). The Morgan fingerprint density at radius 2 is 2.00 bits per heavy atom. The topological polar surface area (TPSA) is 70.2 Å². The first-order chi connectivity index (χ1) is 7.99. The second kappa shape index (κ2) is 4.92. The summed E-state index contributed by atoms with van der Waals surface area (Å²) in [6.07, 6.45) is -0.0757. The summed E-state index contributed by atoms with van der Waals surface area (Å²) < 4.78 is 1.86. The monoisotopic (exact) mass is 455 g/mol. The summed E-state index contributed by atoms with van der Waals surface area (Å²) in [6.45, 7) is 0. The first kappa shape index (κ1) is 12.8. The fourth-order valence-corrected chi connectivity index (χ4v) is 2.86. The molecule has 1 aromatic heterocycles. The van der Waals surface area contributed by atoms with Crippen molar-refractivity contribution in [3.05, 3.63) is 31.0 Å². The van der Waals surface area contributed by atoms with Crippen LogP contribution in [0.4, 0.5) is 0 Å². The Bertz CT molecular complexity index is 618. The third kappa shape index (κ3) is 2.62. The van der Waals surface area contributed by atoms with E-state index in [0.717, 1.165) is 23.7 Å². The maximum absolute atomic E-state index is 11.3. The van der Waals surface area contributed by atoms with Crippen molar-refractivity contribution in [1.82, 2.24) is 4.98 Å². The molecule has 1 aromatic carbocycles. The van der Waals surface area contributed by atoms with Crippen LogP contribution in [-0.4, -0.2) is 21.8 Å². The molecule has 0 aliphatic carbocycles. The molecule has 0 saturated carbocycles. The number of H-pyrrole nitrogens is 1. The highest BCUT2D eigenvalue weighted by molar-refractivity contribution is 14.1. The molecule has 0 spiro atoms. The summed E-state index contributed by atoms with van der Waals surface area (Å²) in [4.78, 5) is 25.0. The molecule has 0 aliphatic heterocycles. The van der Waals surface area contributed by atoms with Crippen LogP contribution in [0.25, 0.3) is 10.9 Å². The van der Waals surface area contributed by atoms with E-state index in [1.807, 2.05) is 18.2 Å². The van der Waals surface area contributed by atoms with Gasteiger partial charge in [-0.3, -0.25) is 4.79 Å². The number of carbonyl (C=O) groups excluding carboxylic acids is 1. The van der Waals surface area contributed by atoms with Crippen LogP contribution in [0.2, 0.25) is 0 Å². The molecule has 0 saturated heterocycles. The third-order valence-electron chi connectivity index (χ3n) is 2.39. The summed E-state index contributed by atoms with van der Waals surface area (Å²) in [5, 5.41) is 9.55. The van der Waals surface area contributed by atoms with Crippen molar-refractivity contribution in [3.63, 3.8) is 0 Å². The Balaban J connectivity index is 2.52. The molecule has 4 nitrogen and oxygen atoms in total. The van der Waals surface area contributed by atoms with Crippen molar-refractivity contribution >= 4 is 67.8 Å². The number of halogens is 2. The zero-order chi connectivity index (χ0) is 12.6. The number of carboxylic acids is 1. The molecule has 0 unspecified atom stereocenters. The number of aliphatic carboxylic acids is 1. The molecule has 0 radical (unpaired) electrons. The molecule has 0 atom stereocenters. The van der Waals surface area contributed by atoms with E-state index in [4.69, 9.17) is 5.11 Å². The van der Waals surface area contributed by atoms with Crippen LogP contribution in [0.3, 0.4) is 0 Å². The van der Waals surface area contributed by atoms with Crippen LogP contribution in [0.15, 0.2) is 18.2 Å². The summed E-state index contributed by atoms with van der Waals surface area (Å²) >= 11 is 4.26. The van der Waals surface area contributed by atoms with Gasteiger partial charge in [-0.1, -0.05) is 0 Å². The van der Waals surface area contributed by atoms with Gasteiger partial charge >= 0.3 is 5.97 Å². The van der Waals surface area contributed by atoms with Crippen molar-refractivity contribution in [2.45, 2.75) is 6.42 Å². The highest BCUT2D eigenvalue weighted by Gasteiger charge is 2.18. The van der Waals surface area contributed by atoms with Gasteiger partial charge in [-0.15, -0.1) is 0 Å². The van der Waals surface area contributed by atoms with E-state index in [9.17, 15) is 9.59 Å². The number of hydrogen-bond donors (Lipinski definition) is 2. The molecule has 2 aromatic rings. The van der Waals surface area contributed by atoms with Crippen LogP contribution >= 0.6 is 45.2 Å². The highest BCUT2D eigenvalue weighted by Crippen LogP contribution is 2.26. The second-order valence-corrected chi connectivity index (χ2v) is 5.84. The van der Waals surface area contributed by atoms with Crippen LogP contribution in [0, 0.1) is 7.27 Å². The van der Waals surface area contributed by atoms with Crippen LogP contribution in [-0.2, 0) is 16.0 Å². The molecule has 0 bridgehead atoms. The average molecular weight is 455 g/mol. The number of carbonyl (C=O) groups is 2. The molecular weight excluding hydrogens is 448 g/mol. The SMILES string of the molecule is O=C(O)C(=O)Cc1c(I)[nH]c2ccc(I)cc12. The number of Topliss-reactive ketones (excluding diaryl/α,β-unsaturated/α-hetero) is 1. The summed E-state index contributed by atoms with van der Waals surface area (Å²) in [5.41, 5.74) is 1.68. The maximum atomic E-state index is 11.3. The van der Waals surface area contributed by atoms with Crippen LogP contribution in [0.5, 0.6) is 0 Å².